The van der Waals surface area contributed by atoms with Gasteiger partial charge in [-0.1, -0.05) is 160 Å². The van der Waals surface area contributed by atoms with Crippen LogP contribution in [-0.2, 0) is 18.9 Å². The van der Waals surface area contributed by atoms with Crippen LogP contribution in [0, 0.1) is 0 Å². The summed E-state index contributed by atoms with van der Waals surface area (Å²) in [7, 11) is 0. The van der Waals surface area contributed by atoms with Gasteiger partial charge in [-0.3, -0.25) is 0 Å². The third-order valence-electron chi connectivity index (χ3n) is 16.6. The van der Waals surface area contributed by atoms with Gasteiger partial charge < -0.3 is 80.9 Å². The van der Waals surface area contributed by atoms with E-state index in [1.54, 1.807) is 0 Å². The zero-order valence-corrected chi connectivity index (χ0v) is 63.7. The molecule has 4 aromatic rings. The van der Waals surface area contributed by atoms with E-state index in [4.69, 9.17) is 75.8 Å². The van der Waals surface area contributed by atoms with Crippen LogP contribution in [0.25, 0.3) is 11.1 Å². The second-order valence-corrected chi connectivity index (χ2v) is 25.5. The monoisotopic (exact) mass is 1430 g/mol. The maximum atomic E-state index is 16.4. The van der Waals surface area contributed by atoms with Crippen molar-refractivity contribution in [2.75, 3.05) is 92.5 Å². The minimum absolute atomic E-state index is 0.0112. The van der Waals surface area contributed by atoms with Gasteiger partial charge in [-0.2, -0.15) is 0 Å². The van der Waals surface area contributed by atoms with Gasteiger partial charge >= 0.3 is 23.9 Å². The van der Waals surface area contributed by atoms with E-state index in [1.807, 2.05) is 76.2 Å². The van der Waals surface area contributed by atoms with Crippen molar-refractivity contribution in [3.8, 4) is 80.1 Å². The largest absolute Gasteiger partial charge is 0.490 e. The molecule has 102 heavy (non-hydrogen) atoms. The Morgan fingerprint density at radius 3 is 0.941 bits per heavy atom. The topological polar surface area (TPSA) is 236 Å². The lowest BCUT2D eigenvalue weighted by molar-refractivity contribution is -0.108. The van der Waals surface area contributed by atoms with E-state index >= 15 is 19.2 Å². The van der Waals surface area contributed by atoms with E-state index in [-0.39, 0.29) is 144 Å². The highest BCUT2D eigenvalue weighted by Crippen LogP contribution is 2.56. The summed E-state index contributed by atoms with van der Waals surface area (Å²) in [6.07, 6.45) is 11.6. The molecule has 21 heteroatoms. The number of ether oxygens (including phenoxy) is 16. The maximum absolute atomic E-state index is 16.4. The smallest absolute Gasteiger partial charge is 0.339 e. The number of aliphatic hydroxyl groups excluding tert-OH is 1. The normalized spacial score (nSPS) is 13.8. The highest BCUT2D eigenvalue weighted by molar-refractivity contribution is 6.09. The van der Waals surface area contributed by atoms with Crippen molar-refractivity contribution in [2.45, 2.75) is 255 Å². The van der Waals surface area contributed by atoms with E-state index in [1.165, 1.54) is 36.4 Å². The predicted molar refractivity (Wildman–Crippen MR) is 395 cm³/mol. The summed E-state index contributed by atoms with van der Waals surface area (Å²) in [6.45, 7) is 25.7. The number of fused-ring (bicyclic) bond motifs is 3. The molecule has 0 bridgehead atoms. The molecule has 4 aromatic carbocycles. The molecule has 1 aliphatic heterocycles. The maximum Gasteiger partial charge on any atom is 0.339 e. The molecule has 1 aliphatic rings. The van der Waals surface area contributed by atoms with Gasteiger partial charge in [0.1, 0.15) is 19.3 Å². The lowest BCUT2D eigenvalue weighted by atomic mass is 9.91. The Kier molecular flexibility index (Phi) is 40.9. The minimum Gasteiger partial charge on any atom is -0.490 e. The molecule has 3 atom stereocenters. The Balaban J connectivity index is 1.92. The molecular weight excluding hydrogens is 1310 g/mol. The van der Waals surface area contributed by atoms with Crippen molar-refractivity contribution in [1.82, 2.24) is 0 Å². The molecule has 0 saturated carbocycles. The summed E-state index contributed by atoms with van der Waals surface area (Å²) in [4.78, 5) is 62.6. The van der Waals surface area contributed by atoms with Gasteiger partial charge in [0.15, 0.2) is 58.2 Å². The van der Waals surface area contributed by atoms with Gasteiger partial charge in [0.25, 0.3) is 0 Å². The number of hydrogen-bond acceptors (Lipinski definition) is 21. The summed E-state index contributed by atoms with van der Waals surface area (Å²) >= 11 is 0. The van der Waals surface area contributed by atoms with Crippen molar-refractivity contribution in [3.05, 3.63) is 58.7 Å². The average Bonchev–Trinajstić information content (AvgIpc) is 0.916. The fourth-order valence-electron chi connectivity index (χ4n) is 10.4. The summed E-state index contributed by atoms with van der Waals surface area (Å²) in [5, 5.41) is 12.9. The van der Waals surface area contributed by atoms with Crippen molar-refractivity contribution < 1.29 is 100 Å². The van der Waals surface area contributed by atoms with Crippen LogP contribution in [0.5, 0.6) is 69.0 Å². The van der Waals surface area contributed by atoms with Crippen molar-refractivity contribution in [2.24, 2.45) is 0 Å². The van der Waals surface area contributed by atoms with Crippen LogP contribution in [0.2, 0.25) is 0 Å². The highest BCUT2D eigenvalue weighted by atomic mass is 16.6. The van der Waals surface area contributed by atoms with Gasteiger partial charge in [0, 0.05) is 11.1 Å². The molecule has 21 nitrogen and oxygen atoms in total. The van der Waals surface area contributed by atoms with E-state index in [0.29, 0.717) is 109 Å². The van der Waals surface area contributed by atoms with E-state index in [9.17, 15) is 5.11 Å². The molecule has 0 spiro atoms. The van der Waals surface area contributed by atoms with Crippen LogP contribution in [0.15, 0.2) is 36.4 Å². The Labute approximate surface area is 608 Å². The zero-order valence-electron chi connectivity index (χ0n) is 63.7. The molecule has 1 unspecified atom stereocenters. The van der Waals surface area contributed by atoms with Crippen LogP contribution in [0.1, 0.15) is 279 Å². The minimum atomic E-state index is -2.01. The summed E-state index contributed by atoms with van der Waals surface area (Å²) in [5.74, 6) is -1.79. The molecule has 0 aliphatic carbocycles. The van der Waals surface area contributed by atoms with Gasteiger partial charge in [-0.05, 0) is 113 Å². The van der Waals surface area contributed by atoms with Gasteiger partial charge in [-0.25, -0.2) is 19.2 Å². The van der Waals surface area contributed by atoms with E-state index < -0.39 is 55.4 Å². The first kappa shape index (κ1) is 85.0. The van der Waals surface area contributed by atoms with Crippen LogP contribution in [0.4, 0.5) is 0 Å². The molecule has 1 N–H and O–H groups in total. The van der Waals surface area contributed by atoms with E-state index in [2.05, 4.69) is 6.92 Å². The Hall–Kier alpha value is -7.68. The standard InChI is InChI=1S/C81H122O21/c1-13-25-37-87-62-49-57(50-63(88-38-26-14-2)72(62)93-43-31-19-7)78(83)100-56-68(101-79(84)58-51-64(89-39-27-15-3)73(94-44-32-20-8)65(52-58)90-40-28-16-4)71-61(82)55-99-80(85)59-53-66(91-41-29-17-5)74(95-45-33-21-9)76(97-47-35-23-11)69(59)70-60(81(86)102-71)54-67(92-42-30-18-6)75(96-46-34-22-10)77(70)98-48-36-24-12/h49-54,61,68,71,82H,13-48,55-56H2,1-12H3/t61?,68-,71-/m1/s1. The molecule has 0 aromatic heterocycles. The third-order valence-corrected chi connectivity index (χ3v) is 16.6. The number of unbranched alkanes of at least 4 members (excludes halogenated alkanes) is 12. The zero-order chi connectivity index (χ0) is 73.9. The summed E-state index contributed by atoms with van der Waals surface area (Å²) in [5.41, 5.74) is -0.452. The molecule has 1 heterocycles. The predicted octanol–water partition coefficient (Wildman–Crippen LogP) is 18.6. The first-order chi connectivity index (χ1) is 49.8. The molecular formula is C81H122O21. The third kappa shape index (κ3) is 26.5. The molecule has 0 amide bonds. The van der Waals surface area contributed by atoms with Gasteiger partial charge in [0.05, 0.1) is 102 Å². The first-order valence-electron chi connectivity index (χ1n) is 38.5. The Morgan fingerprint density at radius 2 is 0.627 bits per heavy atom. The number of aliphatic hydroxyl groups is 1. The van der Waals surface area contributed by atoms with Crippen LogP contribution in [-0.4, -0.2) is 140 Å². The quantitative estimate of drug-likeness (QED) is 0.0246. The molecule has 572 valence electrons. The number of carbonyl (C=O) groups is 4. The number of cyclic esters (lactones) is 2. The summed E-state index contributed by atoms with van der Waals surface area (Å²) < 4.78 is 104. The second kappa shape index (κ2) is 49.1. The van der Waals surface area contributed by atoms with Crippen LogP contribution < -0.4 is 56.8 Å². The molecule has 0 radical (unpaired) electrons. The lowest BCUT2D eigenvalue weighted by Crippen LogP contribution is -2.48. The number of carbonyl (C=O) groups excluding carboxylic acids is 4. The first-order valence-corrected chi connectivity index (χ1v) is 38.5. The summed E-state index contributed by atoms with van der Waals surface area (Å²) in [6, 6.07) is 8.96. The molecule has 0 fully saturated rings. The average molecular weight is 1430 g/mol. The number of esters is 4. The fraction of sp³-hybridized carbons (Fsp3) is 0.654. The van der Waals surface area contributed by atoms with Gasteiger partial charge in [-0.15, -0.1) is 0 Å². The molecule has 5 rings (SSSR count). The second-order valence-electron chi connectivity index (χ2n) is 25.5. The lowest BCUT2D eigenvalue weighted by Gasteiger charge is -2.30. The Bertz CT molecular complexity index is 3040. The highest BCUT2D eigenvalue weighted by Gasteiger charge is 2.42. The molecule has 0 saturated heterocycles. The van der Waals surface area contributed by atoms with Crippen molar-refractivity contribution >= 4 is 23.9 Å². The number of benzene rings is 4. The van der Waals surface area contributed by atoms with Gasteiger partial charge in [0.2, 0.25) is 23.0 Å². The van der Waals surface area contributed by atoms with Crippen molar-refractivity contribution in [3.63, 3.8) is 0 Å². The van der Waals surface area contributed by atoms with Crippen LogP contribution >= 0.6 is 0 Å². The van der Waals surface area contributed by atoms with Crippen LogP contribution in [0.3, 0.4) is 0 Å². The number of hydrogen-bond donors (Lipinski definition) is 1. The number of rotatable bonds is 54. The van der Waals surface area contributed by atoms with Crippen molar-refractivity contribution in [1.29, 1.82) is 0 Å². The Morgan fingerprint density at radius 1 is 0.363 bits per heavy atom. The van der Waals surface area contributed by atoms with E-state index in [0.717, 1.165) is 83.5 Å². The fourth-order valence-corrected chi connectivity index (χ4v) is 10.4. The SMILES string of the molecule is CCCCOc1cc(C(=O)OC[C@@H](OC(=O)c2cc(OCCCC)c(OCCCC)c(OCCCC)c2)[C@@H]2OC(=O)c3cc(OCCCC)c(OCCCC)c(OCCCC)c3-c3c(cc(OCCCC)c(OCCCC)c3OCCCC)C(=O)OCC2O)cc(OCCCC)c1OCCCC.